The van der Waals surface area contributed by atoms with Crippen LogP contribution in [0.15, 0.2) is 23.1 Å². The summed E-state index contributed by atoms with van der Waals surface area (Å²) in [5.74, 6) is 0.194. The van der Waals surface area contributed by atoms with Gasteiger partial charge in [-0.25, -0.2) is 13.1 Å². The molecule has 0 saturated heterocycles. The quantitative estimate of drug-likeness (QED) is 0.520. The minimum Gasteiger partial charge on any atom is -0.399 e. The first kappa shape index (κ1) is 15.9. The summed E-state index contributed by atoms with van der Waals surface area (Å²) in [6.07, 6.45) is 1.48. The Labute approximate surface area is 114 Å². The lowest BCUT2D eigenvalue weighted by atomic mass is 10.1. The minimum absolute atomic E-state index is 0.126. The zero-order valence-electron chi connectivity index (χ0n) is 11.4. The average molecular weight is 286 g/mol. The summed E-state index contributed by atoms with van der Waals surface area (Å²) < 4.78 is 26.6. The van der Waals surface area contributed by atoms with Gasteiger partial charge in [0.15, 0.2) is 0 Å². The number of benzene rings is 1. The zero-order chi connectivity index (χ0) is 14.5. The number of aryl methyl sites for hydroxylation is 1. The zero-order valence-corrected chi connectivity index (χ0v) is 12.2. The monoisotopic (exact) mass is 286 g/mol. The van der Waals surface area contributed by atoms with Crippen molar-refractivity contribution in [3.8, 4) is 0 Å². The molecule has 0 amide bonds. The second-order valence-corrected chi connectivity index (χ2v) is 6.67. The van der Waals surface area contributed by atoms with E-state index < -0.39 is 10.0 Å². The van der Waals surface area contributed by atoms with E-state index in [0.29, 0.717) is 18.7 Å². The summed E-state index contributed by atoms with van der Waals surface area (Å²) in [6.45, 7) is 4.22. The fourth-order valence-electron chi connectivity index (χ4n) is 1.76. The van der Waals surface area contributed by atoms with Crippen LogP contribution in [0.4, 0.5) is 5.69 Å². The van der Waals surface area contributed by atoms with Crippen molar-refractivity contribution in [2.24, 2.45) is 5.92 Å². The number of aliphatic hydroxyl groups excluding tert-OH is 1. The number of aliphatic hydroxyl groups is 1. The average Bonchev–Trinajstić information content (AvgIpc) is 2.33. The number of rotatable bonds is 7. The number of hydrogen-bond donors (Lipinski definition) is 3. The van der Waals surface area contributed by atoms with Crippen LogP contribution in [0.25, 0.3) is 0 Å². The van der Waals surface area contributed by atoms with E-state index in [9.17, 15) is 8.42 Å². The molecule has 4 N–H and O–H groups in total. The van der Waals surface area contributed by atoms with Gasteiger partial charge in [-0.15, -0.1) is 0 Å². The minimum atomic E-state index is -3.50. The van der Waals surface area contributed by atoms with Crippen LogP contribution in [0.2, 0.25) is 0 Å². The van der Waals surface area contributed by atoms with Gasteiger partial charge in [0.1, 0.15) is 0 Å². The molecule has 6 heteroatoms. The van der Waals surface area contributed by atoms with Gasteiger partial charge in [0.25, 0.3) is 0 Å². The van der Waals surface area contributed by atoms with E-state index >= 15 is 0 Å². The molecule has 5 nitrogen and oxygen atoms in total. The Bertz CT molecular complexity index is 494. The highest BCUT2D eigenvalue weighted by atomic mass is 32.2. The highest BCUT2D eigenvalue weighted by Crippen LogP contribution is 2.16. The molecule has 108 valence electrons. The summed E-state index contributed by atoms with van der Waals surface area (Å²) in [5, 5.41) is 8.88. The molecule has 0 saturated carbocycles. The van der Waals surface area contributed by atoms with Crippen molar-refractivity contribution in [1.82, 2.24) is 4.72 Å². The van der Waals surface area contributed by atoms with Crippen molar-refractivity contribution in [2.45, 2.75) is 31.6 Å². The van der Waals surface area contributed by atoms with Gasteiger partial charge < -0.3 is 10.8 Å². The van der Waals surface area contributed by atoms with Gasteiger partial charge in [-0.1, -0.05) is 6.92 Å². The van der Waals surface area contributed by atoms with E-state index in [2.05, 4.69) is 4.72 Å². The van der Waals surface area contributed by atoms with Crippen LogP contribution >= 0.6 is 0 Å². The van der Waals surface area contributed by atoms with E-state index in [0.717, 1.165) is 12.0 Å². The number of nitrogens with two attached hydrogens (primary N) is 1. The predicted octanol–water partition coefficient (Wildman–Crippen LogP) is 1.26. The summed E-state index contributed by atoms with van der Waals surface area (Å²) in [6, 6.07) is 4.77. The summed E-state index contributed by atoms with van der Waals surface area (Å²) >= 11 is 0. The van der Waals surface area contributed by atoms with Crippen molar-refractivity contribution in [2.75, 3.05) is 18.9 Å². The Hall–Kier alpha value is -1.11. The largest absolute Gasteiger partial charge is 0.399 e. The Kier molecular flexibility index (Phi) is 5.78. The Morgan fingerprint density at radius 3 is 2.63 bits per heavy atom. The van der Waals surface area contributed by atoms with Crippen LogP contribution in [-0.2, 0) is 10.0 Å². The Morgan fingerprint density at radius 2 is 2.05 bits per heavy atom. The fourth-order valence-corrected chi connectivity index (χ4v) is 2.98. The smallest absolute Gasteiger partial charge is 0.240 e. The molecule has 0 aliphatic rings. The molecular weight excluding hydrogens is 264 g/mol. The lowest BCUT2D eigenvalue weighted by Crippen LogP contribution is -2.25. The van der Waals surface area contributed by atoms with Crippen molar-refractivity contribution in [1.29, 1.82) is 0 Å². The summed E-state index contributed by atoms with van der Waals surface area (Å²) in [5.41, 5.74) is 6.90. The third kappa shape index (κ3) is 5.18. The fraction of sp³-hybridized carbons (Fsp3) is 0.538. The van der Waals surface area contributed by atoms with Crippen molar-refractivity contribution in [3.63, 3.8) is 0 Å². The molecule has 1 aromatic carbocycles. The Balaban J connectivity index is 2.61. The van der Waals surface area contributed by atoms with Crippen LogP contribution in [0.5, 0.6) is 0 Å². The van der Waals surface area contributed by atoms with Gasteiger partial charge in [-0.05, 0) is 49.4 Å². The van der Waals surface area contributed by atoms with E-state index in [1.54, 1.807) is 19.1 Å². The maximum Gasteiger partial charge on any atom is 0.240 e. The molecule has 1 atom stereocenters. The third-order valence-corrected chi connectivity index (χ3v) is 4.30. The number of nitrogen functional groups attached to an aromatic ring is 1. The molecule has 0 aliphatic heterocycles. The summed E-state index contributed by atoms with van der Waals surface area (Å²) in [4.78, 5) is 0.195. The van der Waals surface area contributed by atoms with Crippen molar-refractivity contribution >= 4 is 15.7 Å². The van der Waals surface area contributed by atoms with Crippen LogP contribution in [0.3, 0.4) is 0 Å². The van der Waals surface area contributed by atoms with Crippen molar-refractivity contribution in [3.05, 3.63) is 23.8 Å². The normalized spacial score (nSPS) is 13.4. The topological polar surface area (TPSA) is 92.4 Å². The third-order valence-electron chi connectivity index (χ3n) is 2.86. The predicted molar refractivity (Wildman–Crippen MR) is 76.3 cm³/mol. The number of sulfonamides is 1. The van der Waals surface area contributed by atoms with Gasteiger partial charge in [0, 0.05) is 18.8 Å². The molecular formula is C13H22N2O3S. The maximum atomic E-state index is 12.0. The molecule has 0 aliphatic carbocycles. The molecule has 0 aromatic heterocycles. The molecule has 0 spiro atoms. The SMILES string of the molecule is Cc1cc(N)cc(S(=O)(=O)NCCCC(C)CO)c1. The summed E-state index contributed by atoms with van der Waals surface area (Å²) in [7, 11) is -3.50. The lowest BCUT2D eigenvalue weighted by Gasteiger charge is -2.10. The molecule has 1 rings (SSSR count). The van der Waals surface area contributed by atoms with Gasteiger partial charge in [0.2, 0.25) is 10.0 Å². The van der Waals surface area contributed by atoms with E-state index in [1.165, 1.54) is 6.07 Å². The van der Waals surface area contributed by atoms with Crippen LogP contribution in [0.1, 0.15) is 25.3 Å². The molecule has 1 aromatic rings. The highest BCUT2D eigenvalue weighted by Gasteiger charge is 2.14. The van der Waals surface area contributed by atoms with Gasteiger partial charge in [-0.3, -0.25) is 0 Å². The first-order valence-electron chi connectivity index (χ1n) is 6.33. The van der Waals surface area contributed by atoms with Crippen LogP contribution in [0, 0.1) is 12.8 Å². The second-order valence-electron chi connectivity index (χ2n) is 4.91. The Morgan fingerprint density at radius 1 is 1.37 bits per heavy atom. The maximum absolute atomic E-state index is 12.0. The first-order chi connectivity index (χ1) is 8.85. The first-order valence-corrected chi connectivity index (χ1v) is 7.81. The molecule has 0 bridgehead atoms. The molecule has 0 fully saturated rings. The van der Waals surface area contributed by atoms with E-state index in [-0.39, 0.29) is 17.4 Å². The lowest BCUT2D eigenvalue weighted by molar-refractivity contribution is 0.228. The number of nitrogens with one attached hydrogen (secondary N) is 1. The molecule has 0 radical (unpaired) electrons. The second kappa shape index (κ2) is 6.88. The van der Waals surface area contributed by atoms with Gasteiger partial charge in [0.05, 0.1) is 4.90 Å². The standard InChI is InChI=1S/C13H22N2O3S/c1-10(9-16)4-3-5-15-19(17,18)13-7-11(2)6-12(14)8-13/h6-8,10,15-16H,3-5,9,14H2,1-2H3. The van der Waals surface area contributed by atoms with Crippen LogP contribution in [-0.4, -0.2) is 26.7 Å². The van der Waals surface area contributed by atoms with Gasteiger partial charge in [-0.2, -0.15) is 0 Å². The van der Waals surface area contributed by atoms with Gasteiger partial charge >= 0.3 is 0 Å². The van der Waals surface area contributed by atoms with Crippen molar-refractivity contribution < 1.29 is 13.5 Å². The van der Waals surface area contributed by atoms with Crippen LogP contribution < -0.4 is 10.5 Å². The highest BCUT2D eigenvalue weighted by molar-refractivity contribution is 7.89. The van der Waals surface area contributed by atoms with E-state index in [4.69, 9.17) is 10.8 Å². The molecule has 1 unspecified atom stereocenters. The molecule has 19 heavy (non-hydrogen) atoms. The number of hydrogen-bond acceptors (Lipinski definition) is 4. The number of anilines is 1. The molecule has 0 heterocycles. The van der Waals surface area contributed by atoms with E-state index in [1.807, 2.05) is 6.92 Å².